The fourth-order valence-corrected chi connectivity index (χ4v) is 6.14. The summed E-state index contributed by atoms with van der Waals surface area (Å²) < 4.78 is 34.2. The zero-order chi connectivity index (χ0) is 26.7. The minimum atomic E-state index is -0.659. The summed E-state index contributed by atoms with van der Waals surface area (Å²) in [5.74, 6) is -0.326. The summed E-state index contributed by atoms with van der Waals surface area (Å²) in [6, 6.07) is 7.62. The molecule has 0 bridgehead atoms. The van der Waals surface area contributed by atoms with Crippen LogP contribution in [0.5, 0.6) is 6.01 Å². The fraction of sp³-hybridized carbons (Fsp3) is 0.407. The fourth-order valence-electron chi connectivity index (χ4n) is 5.91. The van der Waals surface area contributed by atoms with Gasteiger partial charge in [-0.3, -0.25) is 4.68 Å². The lowest BCUT2D eigenvalue weighted by Crippen LogP contribution is -2.34. The van der Waals surface area contributed by atoms with Crippen molar-refractivity contribution < 1.29 is 23.7 Å². The van der Waals surface area contributed by atoms with Crippen LogP contribution in [0.1, 0.15) is 29.2 Å². The van der Waals surface area contributed by atoms with Gasteiger partial charge in [0.1, 0.15) is 30.7 Å². The first-order valence-electron chi connectivity index (χ1n) is 12.8. The molecule has 5 atom stereocenters. The Hall–Kier alpha value is -3.56. The number of H-pyrrole nitrogens is 1. The maximum atomic E-state index is 15.4. The van der Waals surface area contributed by atoms with Gasteiger partial charge in [-0.15, -0.1) is 0 Å². The number of nitriles is 1. The minimum Gasteiger partial charge on any atom is -0.456 e. The van der Waals surface area contributed by atoms with Crippen LogP contribution in [0.2, 0.25) is 5.02 Å². The van der Waals surface area contributed by atoms with Crippen molar-refractivity contribution in [2.45, 2.75) is 56.1 Å². The van der Waals surface area contributed by atoms with E-state index in [2.05, 4.69) is 26.1 Å². The minimum absolute atomic E-state index is 0.0639. The van der Waals surface area contributed by atoms with Crippen molar-refractivity contribution in [2.24, 2.45) is 0 Å². The predicted molar refractivity (Wildman–Crippen MR) is 137 cm³/mol. The van der Waals surface area contributed by atoms with Gasteiger partial charge in [-0.05, 0) is 54.0 Å². The summed E-state index contributed by atoms with van der Waals surface area (Å²) >= 11 is 6.61. The van der Waals surface area contributed by atoms with Gasteiger partial charge >= 0.3 is 0 Å². The molecule has 4 aromatic rings. The molecule has 3 aromatic heterocycles. The normalized spacial score (nSPS) is 25.6. The van der Waals surface area contributed by atoms with E-state index in [1.807, 2.05) is 6.07 Å². The molecule has 1 aliphatic carbocycles. The summed E-state index contributed by atoms with van der Waals surface area (Å²) in [4.78, 5) is 12.3. The van der Waals surface area contributed by atoms with Gasteiger partial charge in [0.05, 0.1) is 41.7 Å². The van der Waals surface area contributed by atoms with Crippen LogP contribution < -0.4 is 4.74 Å². The topological polar surface area (TPSA) is 131 Å². The van der Waals surface area contributed by atoms with Crippen LogP contribution in [0.4, 0.5) is 4.39 Å². The number of hydrogen-bond acceptors (Lipinski definition) is 8. The highest BCUT2D eigenvalue weighted by atomic mass is 35.5. The van der Waals surface area contributed by atoms with Crippen molar-refractivity contribution in [2.75, 3.05) is 13.2 Å². The summed E-state index contributed by atoms with van der Waals surface area (Å²) in [7, 11) is 0. The number of aliphatic hydroxyl groups is 1. The van der Waals surface area contributed by atoms with E-state index in [1.165, 1.54) is 10.7 Å². The molecule has 0 unspecified atom stereocenters. The Labute approximate surface area is 227 Å². The van der Waals surface area contributed by atoms with Gasteiger partial charge in [-0.1, -0.05) is 17.7 Å². The average molecular weight is 551 g/mol. The monoisotopic (exact) mass is 550 g/mol. The first-order valence-corrected chi connectivity index (χ1v) is 13.2. The molecule has 2 aliphatic heterocycles. The predicted octanol–water partition coefficient (Wildman–Crippen LogP) is 3.32. The average Bonchev–Trinajstić information content (AvgIpc) is 3.72. The molecule has 0 radical (unpaired) electrons. The first-order chi connectivity index (χ1) is 19.0. The molecule has 1 aromatic carbocycles. The highest BCUT2D eigenvalue weighted by molar-refractivity contribution is 6.31. The number of aryl methyl sites for hydroxylation is 1. The number of aliphatic hydroxyl groups excluding tert-OH is 1. The Kier molecular flexibility index (Phi) is 6.01. The van der Waals surface area contributed by atoms with Crippen LogP contribution in [0.25, 0.3) is 22.3 Å². The zero-order valence-electron chi connectivity index (χ0n) is 20.7. The molecule has 200 valence electrons. The number of hydrogen-bond donors (Lipinski definition) is 2. The van der Waals surface area contributed by atoms with Crippen molar-refractivity contribution >= 4 is 22.8 Å². The molecule has 39 heavy (non-hydrogen) atoms. The lowest BCUT2D eigenvalue weighted by atomic mass is 9.93. The number of fused-ring (bicyclic) bond motifs is 3. The third-order valence-electron chi connectivity index (χ3n) is 7.75. The van der Waals surface area contributed by atoms with Gasteiger partial charge in [-0.25, -0.2) is 9.37 Å². The Morgan fingerprint density at radius 2 is 2.08 bits per heavy atom. The highest BCUT2D eigenvalue weighted by Gasteiger charge is 2.48. The Balaban J connectivity index is 1.10. The van der Waals surface area contributed by atoms with Gasteiger partial charge in [-0.2, -0.15) is 15.3 Å². The number of rotatable bonds is 6. The number of halogens is 2. The van der Waals surface area contributed by atoms with Gasteiger partial charge in [0.15, 0.2) is 11.8 Å². The van der Waals surface area contributed by atoms with E-state index < -0.39 is 18.3 Å². The number of ether oxygens (including phenoxy) is 3. The molecule has 0 spiro atoms. The number of aromatic amines is 1. The number of nitrogens with one attached hydrogen (secondary N) is 1. The Morgan fingerprint density at radius 1 is 1.21 bits per heavy atom. The number of nitrogens with zero attached hydrogens (tertiary/aromatic N) is 5. The number of imidazole rings is 1. The smallest absolute Gasteiger partial charge is 0.296 e. The zero-order valence-corrected chi connectivity index (χ0v) is 21.4. The van der Waals surface area contributed by atoms with Crippen molar-refractivity contribution in [1.82, 2.24) is 24.7 Å². The maximum absolute atomic E-state index is 15.4. The lowest BCUT2D eigenvalue weighted by molar-refractivity contribution is 0.00706. The molecule has 2 fully saturated rings. The van der Waals surface area contributed by atoms with Crippen LogP contribution in [-0.4, -0.2) is 67.5 Å². The van der Waals surface area contributed by atoms with Crippen LogP contribution in [0, 0.1) is 17.1 Å². The molecule has 10 nitrogen and oxygen atoms in total. The van der Waals surface area contributed by atoms with Crippen LogP contribution in [-0.2, 0) is 28.9 Å². The summed E-state index contributed by atoms with van der Waals surface area (Å²) in [5.41, 5.74) is 4.91. The standard InChI is InChI=1S/C27H24ClFN6O4/c28-17-8-20-26(34-27(33-20)39-22-12-38-24-21(36)11-37-25(22)24)32-19(17)7-14-2-1-13-5-15(6-18(29)23(13)14)16-9-31-35(10-16)4-3-30/h5-6,8-10,14,21-22,24-25,36H,1-2,4,7,11-12H2,(H,32,33,34)/t14-,21-,22-,24-,25-/m1/s1. The van der Waals surface area contributed by atoms with Gasteiger partial charge in [0.2, 0.25) is 0 Å². The second kappa shape index (κ2) is 9.57. The van der Waals surface area contributed by atoms with Crippen molar-refractivity contribution in [3.8, 4) is 23.2 Å². The molecule has 2 N–H and O–H groups in total. The molecule has 7 rings (SSSR count). The van der Waals surface area contributed by atoms with E-state index >= 15 is 4.39 Å². The summed E-state index contributed by atoms with van der Waals surface area (Å²) in [6.45, 7) is 0.653. The van der Waals surface area contributed by atoms with E-state index in [-0.39, 0.29) is 37.0 Å². The molecule has 2 saturated heterocycles. The Bertz CT molecular complexity index is 1620. The van der Waals surface area contributed by atoms with Crippen LogP contribution >= 0.6 is 11.6 Å². The van der Waals surface area contributed by atoms with Crippen LogP contribution in [0.3, 0.4) is 0 Å². The molecule has 0 amide bonds. The van der Waals surface area contributed by atoms with Crippen molar-refractivity contribution in [1.29, 1.82) is 5.26 Å². The van der Waals surface area contributed by atoms with Crippen molar-refractivity contribution in [3.63, 3.8) is 0 Å². The highest BCUT2D eigenvalue weighted by Crippen LogP contribution is 2.40. The summed E-state index contributed by atoms with van der Waals surface area (Å²) in [6.07, 6.45) is 3.60. The third kappa shape index (κ3) is 4.33. The first kappa shape index (κ1) is 24.5. The maximum Gasteiger partial charge on any atom is 0.296 e. The molecule has 12 heteroatoms. The number of benzene rings is 1. The third-order valence-corrected chi connectivity index (χ3v) is 8.07. The number of aromatic nitrogens is 5. The van der Waals surface area contributed by atoms with Gasteiger partial charge in [0.25, 0.3) is 6.01 Å². The van der Waals surface area contributed by atoms with E-state index in [9.17, 15) is 5.11 Å². The SMILES string of the molecule is N#CCn1cc(-c2cc(F)c3c(c2)CC[C@@H]3Cc2nc3nc(O[C@@H]4CO[C@H]5[C@@H]4OC[C@H]5O)[nH]c3cc2Cl)cn1. The largest absolute Gasteiger partial charge is 0.456 e. The number of pyridine rings is 1. The quantitative estimate of drug-likeness (QED) is 0.374. The van der Waals surface area contributed by atoms with Crippen molar-refractivity contribution in [3.05, 3.63) is 58.3 Å². The van der Waals surface area contributed by atoms with Crippen LogP contribution in [0.15, 0.2) is 30.6 Å². The van der Waals surface area contributed by atoms with E-state index in [1.54, 1.807) is 18.5 Å². The molecular weight excluding hydrogens is 527 g/mol. The van der Waals surface area contributed by atoms with Gasteiger partial charge in [0, 0.05) is 11.8 Å². The molecule has 3 aliphatic rings. The Morgan fingerprint density at radius 3 is 2.95 bits per heavy atom. The van der Waals surface area contributed by atoms with E-state index in [0.717, 1.165) is 29.5 Å². The summed E-state index contributed by atoms with van der Waals surface area (Å²) in [5, 5.41) is 23.5. The molecule has 0 saturated carbocycles. The second-order valence-electron chi connectivity index (χ2n) is 10.2. The van der Waals surface area contributed by atoms with E-state index in [0.29, 0.717) is 40.5 Å². The lowest BCUT2D eigenvalue weighted by Gasteiger charge is -2.15. The molecular formula is C27H24ClFN6O4. The van der Waals surface area contributed by atoms with E-state index in [4.69, 9.17) is 31.1 Å². The molecule has 5 heterocycles. The second-order valence-corrected chi connectivity index (χ2v) is 10.6. The van der Waals surface area contributed by atoms with Gasteiger partial charge < -0.3 is 24.3 Å².